The quantitative estimate of drug-likeness (QED) is 0.114. The van der Waals surface area contributed by atoms with E-state index in [9.17, 15) is 42.1 Å². The SMILES string of the molecule is [C-]#[N+]C([N+]#[C-])=C1Cc2c(-c3c(F)c(F)c(C(F)(F)F)c(F)c3F)c3c(c(-c4c(F)c(F)c(C(F)(F)F)c(F)c4F)c2=C1[N+]#[C-])CC(=C(C#N)C#N)C=3C#N. The molecule has 20 heteroatoms. The first-order chi connectivity index (χ1) is 25.2. The van der Waals surface area contributed by atoms with Crippen LogP contribution in [0.15, 0.2) is 22.5 Å². The van der Waals surface area contributed by atoms with E-state index in [-0.39, 0.29) is 0 Å². The molecule has 0 unspecified atom stereocenters. The van der Waals surface area contributed by atoms with Gasteiger partial charge < -0.3 is 0 Å². The number of allylic oxidation sites excluding steroid dienone is 2. The summed E-state index contributed by atoms with van der Waals surface area (Å²) in [4.78, 5) is 8.69. The molecule has 0 saturated carbocycles. The zero-order valence-corrected chi connectivity index (χ0v) is 25.4. The van der Waals surface area contributed by atoms with Crippen molar-refractivity contribution in [2.75, 3.05) is 0 Å². The number of hydrogen-bond donors (Lipinski definition) is 0. The Bertz CT molecular complexity index is 2500. The van der Waals surface area contributed by atoms with E-state index in [1.807, 2.05) is 0 Å². The van der Waals surface area contributed by atoms with E-state index >= 15 is 35.1 Å². The summed E-state index contributed by atoms with van der Waals surface area (Å²) in [5.41, 5.74) is -20.5. The molecular formula is C34H4F14N6. The fraction of sp³-hybridized carbons (Fsp3) is 0.118. The second-order valence-corrected chi connectivity index (χ2v) is 10.9. The van der Waals surface area contributed by atoms with E-state index < -0.39 is 160 Å². The zero-order valence-electron chi connectivity index (χ0n) is 25.4. The Balaban J connectivity index is 2.29. The molecule has 3 aromatic carbocycles. The first kappa shape index (κ1) is 38.1. The van der Waals surface area contributed by atoms with E-state index in [2.05, 4.69) is 14.5 Å². The molecule has 2 aliphatic carbocycles. The van der Waals surface area contributed by atoms with Crippen LogP contribution in [0.2, 0.25) is 0 Å². The van der Waals surface area contributed by atoms with Crippen LogP contribution in [-0.4, -0.2) is 0 Å². The van der Waals surface area contributed by atoms with Crippen molar-refractivity contribution in [3.05, 3.63) is 136 Å². The van der Waals surface area contributed by atoms with Crippen LogP contribution in [0, 0.1) is 100 Å². The van der Waals surface area contributed by atoms with Crippen molar-refractivity contribution in [3.63, 3.8) is 0 Å². The molecule has 0 bridgehead atoms. The maximum absolute atomic E-state index is 15.9. The predicted molar refractivity (Wildman–Crippen MR) is 151 cm³/mol. The Morgan fingerprint density at radius 3 is 1.24 bits per heavy atom. The number of rotatable bonds is 2. The molecule has 0 aromatic heterocycles. The Labute approximate surface area is 290 Å². The second kappa shape index (κ2) is 12.8. The summed E-state index contributed by atoms with van der Waals surface area (Å²) < 4.78 is 205. The van der Waals surface area contributed by atoms with E-state index in [1.165, 1.54) is 18.2 Å². The highest BCUT2D eigenvalue weighted by Gasteiger charge is 2.46. The minimum Gasteiger partial charge on any atom is -0.238 e. The summed E-state index contributed by atoms with van der Waals surface area (Å²) >= 11 is 0. The van der Waals surface area contributed by atoms with E-state index in [0.29, 0.717) is 0 Å². The van der Waals surface area contributed by atoms with Crippen molar-refractivity contribution in [3.8, 4) is 40.5 Å². The van der Waals surface area contributed by atoms with Gasteiger partial charge in [-0.2, -0.15) is 51.8 Å². The topological polar surface area (TPSA) is 84.5 Å². The first-order valence-corrected chi connectivity index (χ1v) is 13.8. The van der Waals surface area contributed by atoms with Gasteiger partial charge in [-0.05, 0) is 33.9 Å². The minimum absolute atomic E-state index is 0.831. The van der Waals surface area contributed by atoms with Gasteiger partial charge in [0.1, 0.15) is 48.1 Å². The molecule has 0 fully saturated rings. The number of benzene rings is 3. The molecule has 3 aromatic rings. The predicted octanol–water partition coefficient (Wildman–Crippen LogP) is 8.38. The minimum atomic E-state index is -6.11. The number of fused-ring (bicyclic) bond motifs is 2. The average molecular weight is 762 g/mol. The van der Waals surface area contributed by atoms with E-state index in [0.717, 1.165) is 0 Å². The molecule has 0 radical (unpaired) electrons. The van der Waals surface area contributed by atoms with Gasteiger partial charge in [0.2, 0.25) is 0 Å². The van der Waals surface area contributed by atoms with Crippen molar-refractivity contribution >= 4 is 11.3 Å². The van der Waals surface area contributed by atoms with Gasteiger partial charge in [-0.3, -0.25) is 0 Å². The maximum Gasteiger partial charge on any atom is 0.512 e. The molecule has 0 amide bonds. The summed E-state index contributed by atoms with van der Waals surface area (Å²) in [5, 5.41) is 26.9. The molecule has 0 atom stereocenters. The van der Waals surface area contributed by atoms with Gasteiger partial charge in [0.25, 0.3) is 0 Å². The third-order valence-electron chi connectivity index (χ3n) is 8.31. The zero-order chi connectivity index (χ0) is 40.5. The van der Waals surface area contributed by atoms with Crippen LogP contribution in [0.1, 0.15) is 22.3 Å². The Kier molecular flexibility index (Phi) is 9.03. The lowest BCUT2D eigenvalue weighted by atomic mass is 9.85. The summed E-state index contributed by atoms with van der Waals surface area (Å²) in [6.45, 7) is 22.4. The molecule has 268 valence electrons. The largest absolute Gasteiger partial charge is 0.512 e. The molecular weight excluding hydrogens is 758 g/mol. The van der Waals surface area contributed by atoms with Crippen LogP contribution in [0.25, 0.3) is 48.1 Å². The number of nitrogens with zero attached hydrogens (tertiary/aromatic N) is 6. The molecule has 0 saturated heterocycles. The molecule has 0 heterocycles. The fourth-order valence-electron chi connectivity index (χ4n) is 6.29. The highest BCUT2D eigenvalue weighted by Crippen LogP contribution is 2.46. The smallest absolute Gasteiger partial charge is 0.238 e. The highest BCUT2D eigenvalue weighted by molar-refractivity contribution is 5.96. The summed E-state index contributed by atoms with van der Waals surface area (Å²) in [7, 11) is 0. The third-order valence-corrected chi connectivity index (χ3v) is 8.31. The fourth-order valence-corrected chi connectivity index (χ4v) is 6.29. The van der Waals surface area contributed by atoms with Crippen molar-refractivity contribution in [1.82, 2.24) is 0 Å². The lowest BCUT2D eigenvalue weighted by Gasteiger charge is -2.21. The molecule has 0 N–H and O–H groups in total. The summed E-state index contributed by atoms with van der Waals surface area (Å²) in [6, 6.07) is 3.93. The number of halogens is 14. The van der Waals surface area contributed by atoms with Gasteiger partial charge in [-0.15, -0.1) is 0 Å². The molecule has 0 spiro atoms. The van der Waals surface area contributed by atoms with Gasteiger partial charge in [-0.1, -0.05) is 0 Å². The molecule has 5 rings (SSSR count). The third kappa shape index (κ3) is 5.19. The lowest BCUT2D eigenvalue weighted by Crippen LogP contribution is -2.27. The Morgan fingerprint density at radius 1 is 0.537 bits per heavy atom. The summed E-state index contributed by atoms with van der Waals surface area (Å²) in [5.74, 6) is -24.9. The van der Waals surface area contributed by atoms with Crippen LogP contribution in [0.3, 0.4) is 0 Å². The van der Waals surface area contributed by atoms with Crippen LogP contribution in [0.4, 0.5) is 61.5 Å². The second-order valence-electron chi connectivity index (χ2n) is 10.9. The lowest BCUT2D eigenvalue weighted by molar-refractivity contribution is -0.144. The standard InChI is InChI=1S/C34H4F14N6/c1-52-31-13(32(53-2)54-3)5-12-16(19-23(35)27(39)21(33(43,44)45)28(40)24(19)36)15-11(4-10(14(15)8-51)9(6-49)7-50)17(18(12)31)20-25(37)29(41)22(34(46,47)48)30(42)26(20)38/h4-5H2. The average Bonchev–Trinajstić information content (AvgIpc) is 3.66. The normalized spacial score (nSPS) is 13.3. The highest BCUT2D eigenvalue weighted by atomic mass is 19.4. The monoisotopic (exact) mass is 762 g/mol. The van der Waals surface area contributed by atoms with Crippen molar-refractivity contribution in [2.45, 2.75) is 25.2 Å². The molecule has 2 aliphatic rings. The summed E-state index contributed by atoms with van der Waals surface area (Å²) in [6.07, 6.45) is -14.7. The van der Waals surface area contributed by atoms with Crippen molar-refractivity contribution < 1.29 is 61.5 Å². The molecule has 0 aliphatic heterocycles. The van der Waals surface area contributed by atoms with Gasteiger partial charge in [0.05, 0.1) is 28.8 Å². The van der Waals surface area contributed by atoms with Gasteiger partial charge >= 0.3 is 18.2 Å². The van der Waals surface area contributed by atoms with Gasteiger partial charge in [0.15, 0.2) is 52.2 Å². The van der Waals surface area contributed by atoms with Gasteiger partial charge in [-0.25, -0.2) is 40.0 Å². The molecule has 6 nitrogen and oxygen atoms in total. The van der Waals surface area contributed by atoms with Crippen LogP contribution < -0.4 is 10.4 Å². The van der Waals surface area contributed by atoms with Gasteiger partial charge in [0, 0.05) is 17.2 Å². The van der Waals surface area contributed by atoms with Crippen LogP contribution in [0.5, 0.6) is 0 Å². The van der Waals surface area contributed by atoms with E-state index in [1.54, 1.807) is 0 Å². The molecule has 54 heavy (non-hydrogen) atoms. The Hall–Kier alpha value is -7.16. The van der Waals surface area contributed by atoms with E-state index in [4.69, 9.17) is 19.7 Å². The number of hydrogen-bond acceptors (Lipinski definition) is 3. The Morgan fingerprint density at radius 2 is 0.907 bits per heavy atom. The van der Waals surface area contributed by atoms with Crippen LogP contribution in [-0.2, 0) is 25.2 Å². The van der Waals surface area contributed by atoms with Crippen molar-refractivity contribution in [1.29, 1.82) is 15.8 Å². The number of alkyl halides is 6. The maximum atomic E-state index is 15.9. The van der Waals surface area contributed by atoms with Crippen LogP contribution >= 0.6 is 0 Å². The first-order valence-electron chi connectivity index (χ1n) is 13.8. The number of nitriles is 3. The van der Waals surface area contributed by atoms with Crippen molar-refractivity contribution in [2.24, 2.45) is 0 Å².